The number of carbonyl (C=O) groups is 2. The molecule has 32 heavy (non-hydrogen) atoms. The van der Waals surface area contributed by atoms with Gasteiger partial charge in [-0.2, -0.15) is 0 Å². The standard InChI is InChI=1S/C24H29BrCl2N2O3/c1-6-16-7-10-21(19(25)11-16)32-14-22(30)29(15(2)23(31)28-24(3,4)5)13-17-8-9-18(26)12-20(17)27/h7-12,15H,6,13-14H2,1-5H3,(H,28,31)/t15-/m0/s1. The highest BCUT2D eigenvalue weighted by Gasteiger charge is 2.29. The van der Waals surface area contributed by atoms with E-state index in [1.54, 1.807) is 25.1 Å². The lowest BCUT2D eigenvalue weighted by atomic mass is 10.1. The third-order valence-electron chi connectivity index (χ3n) is 4.78. The van der Waals surface area contributed by atoms with Gasteiger partial charge in [-0.3, -0.25) is 9.59 Å². The molecular formula is C24H29BrCl2N2O3. The molecule has 1 atom stereocenters. The first-order valence-electron chi connectivity index (χ1n) is 10.4. The number of carbonyl (C=O) groups excluding carboxylic acids is 2. The summed E-state index contributed by atoms with van der Waals surface area (Å²) in [5.74, 6) is -0.0321. The molecule has 0 aromatic heterocycles. The molecule has 0 heterocycles. The highest BCUT2D eigenvalue weighted by molar-refractivity contribution is 9.10. The predicted molar refractivity (Wildman–Crippen MR) is 133 cm³/mol. The molecule has 2 aromatic carbocycles. The van der Waals surface area contributed by atoms with Gasteiger partial charge in [0.15, 0.2) is 6.61 Å². The monoisotopic (exact) mass is 542 g/mol. The molecule has 0 saturated carbocycles. The summed E-state index contributed by atoms with van der Waals surface area (Å²) in [5.41, 5.74) is 1.41. The fraction of sp³-hybridized carbons (Fsp3) is 0.417. The van der Waals surface area contributed by atoms with Gasteiger partial charge in [-0.05, 0) is 85.4 Å². The molecule has 2 aromatic rings. The molecule has 0 spiro atoms. The van der Waals surface area contributed by atoms with Crippen molar-refractivity contribution in [2.24, 2.45) is 0 Å². The van der Waals surface area contributed by atoms with E-state index < -0.39 is 11.6 Å². The zero-order chi connectivity index (χ0) is 24.1. The second-order valence-electron chi connectivity index (χ2n) is 8.58. The third-order valence-corrected chi connectivity index (χ3v) is 5.98. The maximum absolute atomic E-state index is 13.2. The second-order valence-corrected chi connectivity index (χ2v) is 10.3. The predicted octanol–water partition coefficient (Wildman–Crippen LogP) is 6.03. The molecule has 0 aliphatic heterocycles. The van der Waals surface area contributed by atoms with Gasteiger partial charge in [0.1, 0.15) is 11.8 Å². The number of nitrogens with zero attached hydrogens (tertiary/aromatic N) is 1. The topological polar surface area (TPSA) is 58.6 Å². The molecule has 5 nitrogen and oxygen atoms in total. The number of benzene rings is 2. The Bertz CT molecular complexity index is 976. The van der Waals surface area contributed by atoms with Crippen LogP contribution in [-0.2, 0) is 22.6 Å². The molecule has 0 radical (unpaired) electrons. The minimum Gasteiger partial charge on any atom is -0.483 e. The zero-order valence-electron chi connectivity index (χ0n) is 19.0. The summed E-state index contributed by atoms with van der Waals surface area (Å²) in [7, 11) is 0. The van der Waals surface area contributed by atoms with Crippen LogP contribution < -0.4 is 10.1 Å². The fourth-order valence-electron chi connectivity index (χ4n) is 2.99. The Morgan fingerprint density at radius 3 is 2.41 bits per heavy atom. The Hall–Kier alpha value is -1.76. The minimum atomic E-state index is -0.733. The number of ether oxygens (including phenoxy) is 1. The van der Waals surface area contributed by atoms with Gasteiger partial charge in [-0.25, -0.2) is 0 Å². The minimum absolute atomic E-state index is 0.146. The molecule has 174 valence electrons. The lowest BCUT2D eigenvalue weighted by Crippen LogP contribution is -2.53. The van der Waals surface area contributed by atoms with Gasteiger partial charge >= 0.3 is 0 Å². The molecule has 0 aliphatic carbocycles. The van der Waals surface area contributed by atoms with Gasteiger partial charge < -0.3 is 15.0 Å². The van der Waals surface area contributed by atoms with E-state index in [2.05, 4.69) is 28.2 Å². The van der Waals surface area contributed by atoms with Gasteiger partial charge in [0.25, 0.3) is 5.91 Å². The molecule has 1 N–H and O–H groups in total. The normalized spacial score (nSPS) is 12.2. The molecule has 8 heteroatoms. The largest absolute Gasteiger partial charge is 0.483 e. The first kappa shape index (κ1) is 26.5. The van der Waals surface area contributed by atoms with Gasteiger partial charge in [0, 0.05) is 22.1 Å². The Morgan fingerprint density at radius 1 is 1.16 bits per heavy atom. The van der Waals surface area contributed by atoms with Crippen molar-refractivity contribution in [3.05, 3.63) is 62.0 Å². The van der Waals surface area contributed by atoms with Crippen LogP contribution in [0.1, 0.15) is 45.7 Å². The van der Waals surface area contributed by atoms with Gasteiger partial charge in [-0.15, -0.1) is 0 Å². The van der Waals surface area contributed by atoms with Crippen LogP contribution >= 0.6 is 39.1 Å². The Kier molecular flexibility index (Phi) is 9.43. The number of rotatable bonds is 8. The van der Waals surface area contributed by atoms with Crippen molar-refractivity contribution in [3.8, 4) is 5.75 Å². The van der Waals surface area contributed by atoms with E-state index in [4.69, 9.17) is 27.9 Å². The summed E-state index contributed by atoms with van der Waals surface area (Å²) in [6, 6.07) is 10.1. The summed E-state index contributed by atoms with van der Waals surface area (Å²) in [4.78, 5) is 27.5. The molecule has 0 fully saturated rings. The summed E-state index contributed by atoms with van der Waals surface area (Å²) < 4.78 is 6.55. The molecular weight excluding hydrogens is 515 g/mol. The molecule has 0 saturated heterocycles. The lowest BCUT2D eigenvalue weighted by molar-refractivity contribution is -0.142. The summed E-state index contributed by atoms with van der Waals surface area (Å²) in [6.45, 7) is 9.35. The summed E-state index contributed by atoms with van der Waals surface area (Å²) in [5, 5.41) is 3.85. The van der Waals surface area contributed by atoms with Crippen LogP contribution in [0.3, 0.4) is 0 Å². The highest BCUT2D eigenvalue weighted by atomic mass is 79.9. The quantitative estimate of drug-likeness (QED) is 0.442. The van der Waals surface area contributed by atoms with Gasteiger partial charge in [-0.1, -0.05) is 42.3 Å². The van der Waals surface area contributed by atoms with Crippen LogP contribution in [0.25, 0.3) is 0 Å². The van der Waals surface area contributed by atoms with Crippen molar-refractivity contribution < 1.29 is 14.3 Å². The Balaban J connectivity index is 2.23. The first-order valence-corrected chi connectivity index (χ1v) is 11.9. The van der Waals surface area contributed by atoms with Crippen LogP contribution in [-0.4, -0.2) is 34.9 Å². The number of halogens is 3. The number of hydrogen-bond acceptors (Lipinski definition) is 3. The lowest BCUT2D eigenvalue weighted by Gasteiger charge is -2.31. The van der Waals surface area contributed by atoms with E-state index in [9.17, 15) is 9.59 Å². The molecule has 0 bridgehead atoms. The van der Waals surface area contributed by atoms with Crippen LogP contribution in [0.4, 0.5) is 0 Å². The van der Waals surface area contributed by atoms with Crippen molar-refractivity contribution in [2.75, 3.05) is 6.61 Å². The SMILES string of the molecule is CCc1ccc(OCC(=O)N(Cc2ccc(Cl)cc2Cl)[C@@H](C)C(=O)NC(C)(C)C)c(Br)c1. The highest BCUT2D eigenvalue weighted by Crippen LogP contribution is 2.27. The van der Waals surface area contributed by atoms with Crippen LogP contribution in [0.15, 0.2) is 40.9 Å². The number of hydrogen-bond donors (Lipinski definition) is 1. The van der Waals surface area contributed by atoms with Crippen molar-refractivity contribution >= 4 is 50.9 Å². The van der Waals surface area contributed by atoms with Crippen molar-refractivity contribution in [1.82, 2.24) is 10.2 Å². The van der Waals surface area contributed by atoms with Crippen molar-refractivity contribution in [2.45, 2.75) is 59.2 Å². The number of amides is 2. The Morgan fingerprint density at radius 2 is 1.84 bits per heavy atom. The van der Waals surface area contributed by atoms with E-state index >= 15 is 0 Å². The van der Waals surface area contributed by atoms with Crippen LogP contribution in [0, 0.1) is 0 Å². The Labute approximate surface area is 208 Å². The van der Waals surface area contributed by atoms with Crippen LogP contribution in [0.5, 0.6) is 5.75 Å². The zero-order valence-corrected chi connectivity index (χ0v) is 22.1. The average molecular weight is 544 g/mol. The molecule has 0 unspecified atom stereocenters. The maximum atomic E-state index is 13.2. The smallest absolute Gasteiger partial charge is 0.261 e. The van der Waals surface area contributed by atoms with E-state index in [0.717, 1.165) is 16.5 Å². The fourth-order valence-corrected chi connectivity index (χ4v) is 4.00. The molecule has 2 rings (SSSR count). The molecule has 0 aliphatic rings. The summed E-state index contributed by atoms with van der Waals surface area (Å²) in [6.07, 6.45) is 0.897. The van der Waals surface area contributed by atoms with E-state index in [-0.39, 0.29) is 25.0 Å². The van der Waals surface area contributed by atoms with Crippen molar-refractivity contribution in [1.29, 1.82) is 0 Å². The van der Waals surface area contributed by atoms with Crippen LogP contribution in [0.2, 0.25) is 10.0 Å². The molecule has 2 amide bonds. The number of aryl methyl sites for hydroxylation is 1. The number of nitrogens with one attached hydrogen (secondary N) is 1. The van der Waals surface area contributed by atoms with E-state index in [1.807, 2.05) is 39.0 Å². The average Bonchev–Trinajstić information content (AvgIpc) is 2.70. The van der Waals surface area contributed by atoms with Gasteiger partial charge in [0.2, 0.25) is 5.91 Å². The van der Waals surface area contributed by atoms with Crippen molar-refractivity contribution in [3.63, 3.8) is 0 Å². The van der Waals surface area contributed by atoms with E-state index in [0.29, 0.717) is 21.4 Å². The maximum Gasteiger partial charge on any atom is 0.261 e. The second kappa shape index (κ2) is 11.4. The summed E-state index contributed by atoms with van der Waals surface area (Å²) >= 11 is 15.8. The first-order chi connectivity index (χ1) is 14.9. The van der Waals surface area contributed by atoms with Gasteiger partial charge in [0.05, 0.1) is 4.47 Å². The van der Waals surface area contributed by atoms with E-state index in [1.165, 1.54) is 4.90 Å². The third kappa shape index (κ3) is 7.68.